The number of hydrogen-bond acceptors (Lipinski definition) is 8. The lowest BCUT2D eigenvalue weighted by atomic mass is 9.70. The van der Waals surface area contributed by atoms with Gasteiger partial charge in [0, 0.05) is 29.8 Å². The maximum atomic E-state index is 14.2. The molecule has 4 fully saturated rings. The van der Waals surface area contributed by atoms with Crippen LogP contribution in [0.5, 0.6) is 0 Å². The number of para-hydroxylation sites is 2. The largest absolute Gasteiger partial charge is 0.392 e. The Morgan fingerprint density at radius 3 is 2.62 bits per heavy atom. The van der Waals surface area contributed by atoms with Gasteiger partial charge < -0.3 is 25.4 Å². The van der Waals surface area contributed by atoms with Gasteiger partial charge in [0.1, 0.15) is 12.3 Å². The first-order valence-electron chi connectivity index (χ1n) is 10.8. The van der Waals surface area contributed by atoms with Crippen LogP contribution < -0.4 is 5.32 Å². The van der Waals surface area contributed by atoms with Crippen LogP contribution in [0.15, 0.2) is 54.7 Å². The van der Waals surface area contributed by atoms with Crippen molar-refractivity contribution in [3.8, 4) is 0 Å². The summed E-state index contributed by atoms with van der Waals surface area (Å²) in [5.74, 6) is -0.769. The number of fused-ring (bicyclic) bond motifs is 7. The highest BCUT2D eigenvalue weighted by Crippen LogP contribution is 2.69. The summed E-state index contributed by atoms with van der Waals surface area (Å²) < 4.78 is 0. The van der Waals surface area contributed by atoms with E-state index < -0.39 is 34.0 Å². The highest BCUT2D eigenvalue weighted by atomic mass is 33.5. The number of amides is 2. The second-order valence-electron chi connectivity index (χ2n) is 9.02. The molecule has 34 heavy (non-hydrogen) atoms. The molecule has 5 atom stereocenters. The average molecular weight is 513 g/mol. The monoisotopic (exact) mass is 512 g/mol. The molecule has 0 saturated carbocycles. The van der Waals surface area contributed by atoms with Gasteiger partial charge in [-0.2, -0.15) is 0 Å². The second kappa shape index (κ2) is 6.67. The first kappa shape index (κ1) is 21.0. The lowest BCUT2D eigenvalue weighted by molar-refractivity contribution is -0.168. The number of aromatic amines is 1. The minimum absolute atomic E-state index is 0.384. The van der Waals surface area contributed by atoms with Gasteiger partial charge in [0.2, 0.25) is 9.74 Å². The number of benzene rings is 2. The maximum Gasteiger partial charge on any atom is 0.265 e. The lowest BCUT2D eigenvalue weighted by Crippen LogP contribution is -2.75. The third-order valence-corrected chi connectivity index (χ3v) is 12.9. The molecule has 6 heterocycles. The fourth-order valence-electron chi connectivity index (χ4n) is 6.19. The van der Waals surface area contributed by atoms with Crippen LogP contribution in [0, 0.1) is 0 Å². The van der Waals surface area contributed by atoms with Crippen LogP contribution in [0.1, 0.15) is 11.1 Å². The van der Waals surface area contributed by atoms with Crippen molar-refractivity contribution >= 4 is 59.8 Å². The van der Waals surface area contributed by atoms with E-state index in [0.717, 1.165) is 38.5 Å². The van der Waals surface area contributed by atoms with Gasteiger partial charge in [-0.3, -0.25) is 14.5 Å². The van der Waals surface area contributed by atoms with Gasteiger partial charge in [-0.05, 0) is 54.7 Å². The van der Waals surface area contributed by atoms with Crippen LogP contribution in [0.2, 0.25) is 0 Å². The number of carbonyl (C=O) groups is 2. The number of hydrogen-bond donors (Lipinski definition) is 4. The molecule has 2 amide bonds. The van der Waals surface area contributed by atoms with E-state index in [0.29, 0.717) is 0 Å². The molecule has 0 radical (unpaired) electrons. The minimum atomic E-state index is -1.55. The van der Waals surface area contributed by atoms with Gasteiger partial charge in [0.05, 0.1) is 12.0 Å². The number of anilines is 1. The fourth-order valence-corrected chi connectivity index (χ4v) is 12.1. The van der Waals surface area contributed by atoms with Gasteiger partial charge in [-0.1, -0.05) is 36.4 Å². The van der Waals surface area contributed by atoms with Gasteiger partial charge >= 0.3 is 0 Å². The summed E-state index contributed by atoms with van der Waals surface area (Å²) in [6.45, 7) is -0.519. The number of likely N-dealkylation sites (N-methyl/N-ethyl adjacent to an activating group) is 1. The number of piperazine rings is 1. The van der Waals surface area contributed by atoms with E-state index in [1.165, 1.54) is 37.5 Å². The minimum Gasteiger partial charge on any atom is -0.392 e. The van der Waals surface area contributed by atoms with E-state index in [1.807, 2.05) is 54.7 Å². The maximum absolute atomic E-state index is 14.2. The van der Waals surface area contributed by atoms with Crippen molar-refractivity contribution < 1.29 is 19.8 Å². The van der Waals surface area contributed by atoms with Crippen molar-refractivity contribution in [2.75, 3.05) is 19.0 Å². The lowest BCUT2D eigenvalue weighted by Gasteiger charge is -2.50. The third-order valence-electron chi connectivity index (χ3n) is 7.80. The molecule has 4 saturated heterocycles. The molecule has 174 valence electrons. The topological polar surface area (TPSA) is 109 Å². The molecule has 1 aromatic heterocycles. The summed E-state index contributed by atoms with van der Waals surface area (Å²) in [7, 11) is 5.17. The number of nitrogens with zero attached hydrogens (tertiary/aromatic N) is 2. The zero-order valence-electron chi connectivity index (χ0n) is 17.9. The average Bonchev–Trinajstić information content (AvgIpc) is 3.43. The summed E-state index contributed by atoms with van der Waals surface area (Å²) in [6.07, 6.45) is -0.0956. The Balaban J connectivity index is 1.58. The molecule has 1 spiro atoms. The van der Waals surface area contributed by atoms with Crippen LogP contribution in [0.25, 0.3) is 10.9 Å². The number of aromatic nitrogens is 1. The van der Waals surface area contributed by atoms with E-state index in [4.69, 9.17) is 0 Å². The standard InChI is InChI=1S/C23H20N4O4S3/c1-26-20(31)23-17(29)22(14-10-24-15-8-4-2-6-12(14)15)13-7-3-5-9-16(13)25-18(22)27(23)19(30)21(26,11-28)32-34-33-23/h2-10,17-18,24-25,28-29H,11H2,1H3. The van der Waals surface area contributed by atoms with E-state index >= 15 is 0 Å². The highest BCUT2D eigenvalue weighted by Gasteiger charge is 2.81. The van der Waals surface area contributed by atoms with Crippen LogP contribution in [-0.4, -0.2) is 72.5 Å². The molecule has 4 N–H and O–H groups in total. The molecule has 5 aliphatic heterocycles. The Labute approximate surface area is 206 Å². The molecule has 11 heteroatoms. The van der Waals surface area contributed by atoms with Crippen molar-refractivity contribution in [2.45, 2.75) is 27.4 Å². The number of aliphatic hydroxyl groups is 2. The SMILES string of the molecule is CN1C(=O)C23SSSC1(CO)C(=O)N2C1Nc2ccccc2C1(c1c[nH]c2ccccc12)C3O. The smallest absolute Gasteiger partial charge is 0.265 e. The van der Waals surface area contributed by atoms with Crippen LogP contribution >= 0.6 is 31.4 Å². The molecule has 5 aliphatic rings. The van der Waals surface area contributed by atoms with Crippen LogP contribution in [0.3, 0.4) is 0 Å². The number of rotatable bonds is 2. The van der Waals surface area contributed by atoms with Gasteiger partial charge in [-0.25, -0.2) is 0 Å². The van der Waals surface area contributed by atoms with Crippen molar-refractivity contribution in [3.05, 3.63) is 65.9 Å². The Bertz CT molecular complexity index is 1400. The quantitative estimate of drug-likeness (QED) is 0.388. The summed E-state index contributed by atoms with van der Waals surface area (Å²) in [4.78, 5) is 31.3. The molecular formula is C23H20N4O4S3. The summed E-state index contributed by atoms with van der Waals surface area (Å²) in [5.41, 5.74) is 2.27. The predicted octanol–water partition coefficient (Wildman–Crippen LogP) is 2.31. The molecule has 8 nitrogen and oxygen atoms in total. The van der Waals surface area contributed by atoms with Gasteiger partial charge in [0.25, 0.3) is 11.8 Å². The molecule has 0 aliphatic carbocycles. The van der Waals surface area contributed by atoms with Crippen LogP contribution in [0.4, 0.5) is 5.69 Å². The summed E-state index contributed by atoms with van der Waals surface area (Å²) in [6, 6.07) is 15.5. The van der Waals surface area contributed by atoms with E-state index in [-0.39, 0.29) is 11.8 Å². The summed E-state index contributed by atoms with van der Waals surface area (Å²) >= 11 is 0. The van der Waals surface area contributed by atoms with Crippen molar-refractivity contribution in [2.24, 2.45) is 0 Å². The Morgan fingerprint density at radius 2 is 1.79 bits per heavy atom. The highest BCUT2D eigenvalue weighted by molar-refractivity contribution is 9.10. The number of H-pyrrole nitrogens is 1. The van der Waals surface area contributed by atoms with Crippen molar-refractivity contribution in [1.29, 1.82) is 0 Å². The number of nitrogens with one attached hydrogen (secondary N) is 2. The second-order valence-corrected chi connectivity index (χ2v) is 13.4. The van der Waals surface area contributed by atoms with Crippen LogP contribution in [-0.2, 0) is 15.0 Å². The zero-order valence-corrected chi connectivity index (χ0v) is 20.3. The molecule has 8 rings (SSSR count). The van der Waals surface area contributed by atoms with E-state index in [9.17, 15) is 19.8 Å². The van der Waals surface area contributed by atoms with Gasteiger partial charge in [-0.15, -0.1) is 0 Å². The molecule has 2 aromatic carbocycles. The first-order valence-corrected chi connectivity index (χ1v) is 14.3. The van der Waals surface area contributed by atoms with E-state index in [1.54, 1.807) is 0 Å². The first-order chi connectivity index (χ1) is 16.4. The molecule has 2 bridgehead atoms. The van der Waals surface area contributed by atoms with Crippen molar-refractivity contribution in [3.63, 3.8) is 0 Å². The molecular weight excluding hydrogens is 492 g/mol. The van der Waals surface area contributed by atoms with Gasteiger partial charge in [0.15, 0.2) is 0 Å². The number of aliphatic hydroxyl groups excluding tert-OH is 2. The Morgan fingerprint density at radius 1 is 1.03 bits per heavy atom. The number of carbonyl (C=O) groups excluding carboxylic acids is 2. The van der Waals surface area contributed by atoms with Crippen molar-refractivity contribution in [1.82, 2.24) is 14.8 Å². The Hall–Kier alpha value is -2.31. The van der Waals surface area contributed by atoms with E-state index in [2.05, 4.69) is 10.3 Å². The fraction of sp³-hybridized carbons (Fsp3) is 0.304. The third kappa shape index (κ3) is 2.03. The molecule has 3 aromatic rings. The predicted molar refractivity (Wildman–Crippen MR) is 134 cm³/mol. The molecule has 5 unspecified atom stereocenters. The normalized spacial score (nSPS) is 35.9. The summed E-state index contributed by atoms with van der Waals surface area (Å²) in [5, 5.41) is 27.2. The zero-order chi connectivity index (χ0) is 23.5. The Kier molecular flexibility index (Phi) is 4.12.